The Morgan fingerprint density at radius 1 is 1.13 bits per heavy atom. The number of rotatable bonds is 4. The number of nitrogens with zero attached hydrogens (tertiary/aromatic N) is 2. The lowest BCUT2D eigenvalue weighted by Crippen LogP contribution is -2.25. The first-order chi connectivity index (χ1) is 11.2. The van der Waals surface area contributed by atoms with Crippen molar-refractivity contribution in [2.75, 3.05) is 12.0 Å². The van der Waals surface area contributed by atoms with Crippen molar-refractivity contribution in [2.24, 2.45) is 0 Å². The summed E-state index contributed by atoms with van der Waals surface area (Å²) in [7, 11) is 1.59. The Labute approximate surface area is 139 Å². The fourth-order valence-electron chi connectivity index (χ4n) is 2.22. The van der Waals surface area contributed by atoms with Crippen molar-refractivity contribution in [3.8, 4) is 5.75 Å². The Kier molecular flexibility index (Phi) is 4.39. The molecule has 0 aliphatic rings. The second-order valence-corrected chi connectivity index (χ2v) is 5.82. The third-order valence-corrected chi connectivity index (χ3v) is 4.28. The molecule has 3 rings (SSSR count). The summed E-state index contributed by atoms with van der Waals surface area (Å²) >= 11 is 1.45. The smallest absolute Gasteiger partial charge is 0.264 e. The van der Waals surface area contributed by atoms with Gasteiger partial charge in [0, 0.05) is 10.9 Å². The Bertz CT molecular complexity index is 815. The molecule has 0 saturated heterocycles. The van der Waals surface area contributed by atoms with Gasteiger partial charge in [-0.1, -0.05) is 24.3 Å². The lowest BCUT2D eigenvalue weighted by molar-refractivity contribution is 0.0999. The first-order valence-electron chi connectivity index (χ1n) is 7.15. The maximum Gasteiger partial charge on any atom is 0.264 e. The number of hydrogen-bond donors (Lipinski definition) is 0. The number of carbonyl (C=O) groups excluding carboxylic acids is 1. The number of ether oxygens (including phenoxy) is 1. The van der Waals surface area contributed by atoms with Crippen molar-refractivity contribution in [3.05, 3.63) is 71.2 Å². The number of anilines is 2. The second kappa shape index (κ2) is 6.62. The van der Waals surface area contributed by atoms with E-state index < -0.39 is 0 Å². The summed E-state index contributed by atoms with van der Waals surface area (Å²) in [5, 5.41) is 2.59. The van der Waals surface area contributed by atoms with Gasteiger partial charge in [0.25, 0.3) is 5.91 Å². The van der Waals surface area contributed by atoms with Crippen LogP contribution in [0.15, 0.2) is 60.0 Å². The van der Waals surface area contributed by atoms with Gasteiger partial charge in [0.1, 0.15) is 5.75 Å². The van der Waals surface area contributed by atoms with E-state index in [1.165, 1.54) is 11.3 Å². The minimum absolute atomic E-state index is 0.135. The molecule has 116 valence electrons. The number of carbonyl (C=O) groups is 1. The first kappa shape index (κ1) is 15.2. The monoisotopic (exact) mass is 324 g/mol. The number of benzene rings is 2. The van der Waals surface area contributed by atoms with E-state index in [4.69, 9.17) is 4.74 Å². The summed E-state index contributed by atoms with van der Waals surface area (Å²) in [5.41, 5.74) is 2.24. The molecule has 0 N–H and O–H groups in total. The van der Waals surface area contributed by atoms with Gasteiger partial charge >= 0.3 is 0 Å². The van der Waals surface area contributed by atoms with E-state index in [0.29, 0.717) is 16.4 Å². The number of amides is 1. The quantitative estimate of drug-likeness (QED) is 0.712. The Balaban J connectivity index is 2.06. The molecule has 4 nitrogen and oxygen atoms in total. The highest BCUT2D eigenvalue weighted by Gasteiger charge is 2.22. The minimum Gasteiger partial charge on any atom is -0.497 e. The van der Waals surface area contributed by atoms with Gasteiger partial charge in [-0.15, -0.1) is 11.3 Å². The van der Waals surface area contributed by atoms with Crippen LogP contribution < -0.4 is 9.64 Å². The normalized spacial score (nSPS) is 10.3. The number of aromatic nitrogens is 1. The van der Waals surface area contributed by atoms with Crippen LogP contribution in [0, 0.1) is 6.92 Å². The average Bonchev–Trinajstić information content (AvgIpc) is 3.02. The highest BCUT2D eigenvalue weighted by atomic mass is 32.1. The molecule has 0 unspecified atom stereocenters. The number of methoxy groups -OCH3 is 1. The van der Waals surface area contributed by atoms with Crippen LogP contribution in [0.3, 0.4) is 0 Å². The van der Waals surface area contributed by atoms with Crippen LogP contribution in [-0.4, -0.2) is 18.0 Å². The summed E-state index contributed by atoms with van der Waals surface area (Å²) in [6.45, 7) is 1.92. The second-order valence-electron chi connectivity index (χ2n) is 4.98. The minimum atomic E-state index is -0.135. The predicted octanol–water partition coefficient (Wildman–Crippen LogP) is 4.44. The summed E-state index contributed by atoms with van der Waals surface area (Å²) < 4.78 is 5.22. The van der Waals surface area contributed by atoms with Gasteiger partial charge in [0.2, 0.25) is 0 Å². The van der Waals surface area contributed by atoms with E-state index in [0.717, 1.165) is 11.4 Å². The van der Waals surface area contributed by atoms with Gasteiger partial charge < -0.3 is 4.74 Å². The lowest BCUT2D eigenvalue weighted by atomic mass is 10.1. The number of aryl methyl sites for hydroxylation is 1. The lowest BCUT2D eigenvalue weighted by Gasteiger charge is -2.20. The van der Waals surface area contributed by atoms with Crippen LogP contribution in [0.25, 0.3) is 0 Å². The molecule has 1 heterocycles. The largest absolute Gasteiger partial charge is 0.497 e. The van der Waals surface area contributed by atoms with E-state index >= 15 is 0 Å². The fraction of sp³-hybridized carbons (Fsp3) is 0.111. The van der Waals surface area contributed by atoms with Crippen LogP contribution in [0.4, 0.5) is 10.8 Å². The van der Waals surface area contributed by atoms with Crippen LogP contribution in [0.5, 0.6) is 5.75 Å². The standard InChI is InChI=1S/C18H16N2O2S/c1-13-12-23-18(19-13)20(15-8-4-3-5-9-15)17(21)14-7-6-10-16(11-14)22-2/h3-12H,1-2H3. The zero-order chi connectivity index (χ0) is 16.2. The fourth-order valence-corrected chi connectivity index (χ4v) is 3.04. The zero-order valence-corrected chi connectivity index (χ0v) is 13.7. The molecule has 0 aliphatic carbocycles. The van der Waals surface area contributed by atoms with Gasteiger partial charge in [0.05, 0.1) is 18.5 Å². The molecule has 0 fully saturated rings. The van der Waals surface area contributed by atoms with E-state index in [-0.39, 0.29) is 5.91 Å². The Hall–Kier alpha value is -2.66. The SMILES string of the molecule is COc1cccc(C(=O)N(c2ccccc2)c2nc(C)cs2)c1. The molecule has 0 aliphatic heterocycles. The van der Waals surface area contributed by atoms with Crippen molar-refractivity contribution in [1.29, 1.82) is 0 Å². The van der Waals surface area contributed by atoms with Crippen LogP contribution in [0.2, 0.25) is 0 Å². The maximum atomic E-state index is 13.1. The molecule has 5 heteroatoms. The molecule has 0 bridgehead atoms. The summed E-state index contributed by atoms with van der Waals surface area (Å²) in [6.07, 6.45) is 0. The summed E-state index contributed by atoms with van der Waals surface area (Å²) in [6, 6.07) is 16.7. The predicted molar refractivity (Wildman–Crippen MR) is 92.8 cm³/mol. The van der Waals surface area contributed by atoms with E-state index in [9.17, 15) is 4.79 Å². The number of hydrogen-bond acceptors (Lipinski definition) is 4. The van der Waals surface area contributed by atoms with Crippen molar-refractivity contribution in [2.45, 2.75) is 6.92 Å². The number of para-hydroxylation sites is 1. The van der Waals surface area contributed by atoms with Gasteiger partial charge in [0.15, 0.2) is 5.13 Å². The van der Waals surface area contributed by atoms with Crippen molar-refractivity contribution in [3.63, 3.8) is 0 Å². The van der Waals surface area contributed by atoms with Crippen molar-refractivity contribution >= 4 is 28.1 Å². The molecular weight excluding hydrogens is 308 g/mol. The van der Waals surface area contributed by atoms with Crippen molar-refractivity contribution in [1.82, 2.24) is 4.98 Å². The molecule has 23 heavy (non-hydrogen) atoms. The average molecular weight is 324 g/mol. The molecule has 1 aromatic heterocycles. The van der Waals surface area contributed by atoms with Gasteiger partial charge in [-0.05, 0) is 37.3 Å². The topological polar surface area (TPSA) is 42.4 Å². The first-order valence-corrected chi connectivity index (χ1v) is 8.02. The molecular formula is C18H16N2O2S. The van der Waals surface area contributed by atoms with E-state index in [1.54, 1.807) is 24.1 Å². The Morgan fingerprint density at radius 3 is 2.57 bits per heavy atom. The maximum absolute atomic E-state index is 13.1. The molecule has 0 atom stereocenters. The van der Waals surface area contributed by atoms with E-state index in [2.05, 4.69) is 4.98 Å². The molecule has 3 aromatic rings. The highest BCUT2D eigenvalue weighted by molar-refractivity contribution is 7.14. The van der Waals surface area contributed by atoms with Crippen LogP contribution in [-0.2, 0) is 0 Å². The highest BCUT2D eigenvalue weighted by Crippen LogP contribution is 2.30. The number of thiazole rings is 1. The summed E-state index contributed by atoms with van der Waals surface area (Å²) in [5.74, 6) is 0.517. The van der Waals surface area contributed by atoms with E-state index in [1.807, 2.05) is 54.8 Å². The van der Waals surface area contributed by atoms with Crippen LogP contribution in [0.1, 0.15) is 16.1 Å². The third kappa shape index (κ3) is 3.24. The van der Waals surface area contributed by atoms with Gasteiger partial charge in [-0.3, -0.25) is 9.69 Å². The molecule has 1 amide bonds. The van der Waals surface area contributed by atoms with Gasteiger partial charge in [-0.25, -0.2) is 4.98 Å². The van der Waals surface area contributed by atoms with Crippen molar-refractivity contribution < 1.29 is 9.53 Å². The molecule has 0 radical (unpaired) electrons. The Morgan fingerprint density at radius 2 is 1.91 bits per heavy atom. The van der Waals surface area contributed by atoms with Crippen LogP contribution >= 0.6 is 11.3 Å². The molecule has 2 aromatic carbocycles. The third-order valence-electron chi connectivity index (χ3n) is 3.33. The summed E-state index contributed by atoms with van der Waals surface area (Å²) in [4.78, 5) is 19.2. The van der Waals surface area contributed by atoms with Gasteiger partial charge in [-0.2, -0.15) is 0 Å². The molecule has 0 spiro atoms. The molecule has 0 saturated carbocycles. The zero-order valence-electron chi connectivity index (χ0n) is 12.9.